The maximum absolute atomic E-state index is 12.2. The van der Waals surface area contributed by atoms with Crippen molar-refractivity contribution in [1.29, 1.82) is 0 Å². The lowest BCUT2D eigenvalue weighted by Crippen LogP contribution is -2.19. The molecule has 1 aliphatic rings. The molecule has 21 heteroatoms. The molecule has 0 saturated carbocycles. The lowest BCUT2D eigenvalue weighted by atomic mass is 10.3. The van der Waals surface area contributed by atoms with Gasteiger partial charge >= 0.3 is 36.4 Å². The van der Waals surface area contributed by atoms with E-state index < -0.39 is 54.1 Å². The molecule has 2 aromatic heterocycles. The molecule has 0 amide bonds. The molecule has 2 aromatic rings. The molecule has 1 N–H and O–H groups in total. The first-order valence-corrected chi connectivity index (χ1v) is 13.0. The summed E-state index contributed by atoms with van der Waals surface area (Å²) in [5.74, 6) is -2.12. The number of carboxylic acids is 1. The smallest absolute Gasteiger partial charge is 0.435 e. The van der Waals surface area contributed by atoms with Gasteiger partial charge in [0.1, 0.15) is 24.1 Å². The van der Waals surface area contributed by atoms with Crippen LogP contribution in [0.3, 0.4) is 0 Å². The van der Waals surface area contributed by atoms with Gasteiger partial charge in [-0.25, -0.2) is 0 Å². The Balaban J connectivity index is 0.000000601. The molecule has 0 saturated heterocycles. The van der Waals surface area contributed by atoms with Crippen molar-refractivity contribution < 1.29 is 68.5 Å². The van der Waals surface area contributed by atoms with Crippen LogP contribution < -0.4 is 0 Å². The highest BCUT2D eigenvalue weighted by atomic mass is 79.9. The van der Waals surface area contributed by atoms with Crippen LogP contribution in [0, 0.1) is 13.8 Å². The molecule has 254 valence electrons. The number of aromatic nitrogens is 4. The summed E-state index contributed by atoms with van der Waals surface area (Å²) in [5, 5.41) is 15.0. The van der Waals surface area contributed by atoms with Gasteiger partial charge in [-0.15, -0.1) is 0 Å². The number of halogens is 10. The Bertz CT molecular complexity index is 1360. The summed E-state index contributed by atoms with van der Waals surface area (Å²) >= 11 is 2.90. The van der Waals surface area contributed by atoms with Gasteiger partial charge in [-0.3, -0.25) is 28.7 Å². The predicted octanol–water partition coefficient (Wildman–Crippen LogP) is 5.18. The number of alkyl halides is 10. The molecule has 11 nitrogen and oxygen atoms in total. The summed E-state index contributed by atoms with van der Waals surface area (Å²) in [6.45, 7) is 3.73. The number of aryl methyl sites for hydroxylation is 2. The highest BCUT2D eigenvalue weighted by molar-refractivity contribution is 9.09. The lowest BCUT2D eigenvalue weighted by molar-refractivity contribution is -0.144. The minimum absolute atomic E-state index is 0.166. The number of carbonyl (C=O) groups is 3. The number of nitrogens with zero attached hydrogens (tertiary/aromatic N) is 5. The van der Waals surface area contributed by atoms with E-state index in [0.29, 0.717) is 5.57 Å². The highest BCUT2D eigenvalue weighted by Gasteiger charge is 2.36. The minimum Gasteiger partial charge on any atom is -0.480 e. The average Bonchev–Trinajstić information content (AvgIpc) is 3.62. The molecule has 3 rings (SSSR count). The topological polar surface area (TPSA) is 138 Å². The van der Waals surface area contributed by atoms with E-state index in [9.17, 15) is 53.9 Å². The Morgan fingerprint density at radius 1 is 0.800 bits per heavy atom. The number of aliphatic imine (C=N–C) groups is 1. The minimum atomic E-state index is -4.53. The zero-order valence-electron chi connectivity index (χ0n) is 24.1. The van der Waals surface area contributed by atoms with Crippen molar-refractivity contribution in [2.75, 3.05) is 26.1 Å². The third-order valence-electron chi connectivity index (χ3n) is 4.84. The summed E-state index contributed by atoms with van der Waals surface area (Å²) in [5.41, 5.74) is -1.76. The van der Waals surface area contributed by atoms with Gasteiger partial charge in [0.05, 0.1) is 20.8 Å². The first-order chi connectivity index (χ1) is 20.5. The molecular weight excluding hydrogens is 705 g/mol. The van der Waals surface area contributed by atoms with E-state index in [-0.39, 0.29) is 35.8 Å². The lowest BCUT2D eigenvalue weighted by Gasteiger charge is -2.02. The van der Waals surface area contributed by atoms with E-state index in [0.717, 1.165) is 34.7 Å². The number of esters is 2. The van der Waals surface area contributed by atoms with E-state index in [2.05, 4.69) is 40.6 Å². The van der Waals surface area contributed by atoms with Crippen molar-refractivity contribution in [3.8, 4) is 0 Å². The second kappa shape index (κ2) is 17.5. The monoisotopic (exact) mass is 731 g/mol. The fraction of sp³-hybridized carbons (Fsp3) is 0.500. The Morgan fingerprint density at radius 3 is 1.44 bits per heavy atom. The quantitative estimate of drug-likeness (QED) is 0.252. The zero-order chi connectivity index (χ0) is 35.3. The molecule has 0 aromatic carbocycles. The van der Waals surface area contributed by atoms with Crippen molar-refractivity contribution in [3.63, 3.8) is 0 Å². The Morgan fingerprint density at radius 2 is 1.22 bits per heavy atom. The third-order valence-corrected chi connectivity index (χ3v) is 5.30. The fourth-order valence-corrected chi connectivity index (χ4v) is 2.92. The summed E-state index contributed by atoms with van der Waals surface area (Å²) in [4.78, 5) is 34.3. The van der Waals surface area contributed by atoms with E-state index in [4.69, 9.17) is 5.11 Å². The number of carboxylic acid groups (broad SMARTS) is 1. The predicted molar refractivity (Wildman–Crippen MR) is 142 cm³/mol. The van der Waals surface area contributed by atoms with Crippen molar-refractivity contribution in [2.24, 2.45) is 4.99 Å². The maximum atomic E-state index is 12.2. The first-order valence-electron chi connectivity index (χ1n) is 11.9. The number of rotatable bonds is 5. The van der Waals surface area contributed by atoms with Crippen LogP contribution >= 0.6 is 15.9 Å². The van der Waals surface area contributed by atoms with Crippen LogP contribution in [-0.2, 0) is 49.3 Å². The van der Waals surface area contributed by atoms with Crippen LogP contribution in [0.15, 0.2) is 28.8 Å². The molecule has 0 unspecified atom stereocenters. The van der Waals surface area contributed by atoms with E-state index in [1.54, 1.807) is 6.92 Å². The molecule has 3 heterocycles. The molecule has 1 aliphatic heterocycles. The van der Waals surface area contributed by atoms with E-state index >= 15 is 0 Å². The largest absolute Gasteiger partial charge is 0.480 e. The van der Waals surface area contributed by atoms with Crippen LogP contribution in [0.5, 0.6) is 0 Å². The number of methoxy groups -OCH3 is 2. The number of carbonyl (C=O) groups excluding carboxylic acids is 2. The van der Waals surface area contributed by atoms with Gasteiger partial charge in [0.15, 0.2) is 11.4 Å². The molecule has 0 fully saturated rings. The summed E-state index contributed by atoms with van der Waals surface area (Å²) in [6.07, 6.45) is -12.2. The molecule has 0 atom stereocenters. The molecule has 0 bridgehead atoms. The van der Waals surface area contributed by atoms with E-state index in [1.807, 2.05) is 0 Å². The molecule has 45 heavy (non-hydrogen) atoms. The summed E-state index contributed by atoms with van der Waals surface area (Å²) in [6, 6.07) is 1.69. The van der Waals surface area contributed by atoms with Crippen molar-refractivity contribution in [1.82, 2.24) is 19.6 Å². The van der Waals surface area contributed by atoms with Crippen molar-refractivity contribution in [3.05, 3.63) is 46.6 Å². The third kappa shape index (κ3) is 15.6. The fourth-order valence-electron chi connectivity index (χ4n) is 2.69. The van der Waals surface area contributed by atoms with Crippen molar-refractivity contribution >= 4 is 39.5 Å². The van der Waals surface area contributed by atoms with Crippen LogP contribution in [0.1, 0.15) is 29.7 Å². The summed E-state index contributed by atoms with van der Waals surface area (Å²) < 4.78 is 118. The van der Waals surface area contributed by atoms with Gasteiger partial charge < -0.3 is 14.6 Å². The zero-order valence-corrected chi connectivity index (χ0v) is 25.7. The Kier molecular flexibility index (Phi) is 16.0. The number of hydrogen-bond acceptors (Lipinski definition) is 8. The van der Waals surface area contributed by atoms with Crippen LogP contribution in [0.4, 0.5) is 39.5 Å². The van der Waals surface area contributed by atoms with Gasteiger partial charge in [0.25, 0.3) is 0 Å². The number of allylic oxidation sites excluding steroid dienone is 1. The molecule has 0 radical (unpaired) electrons. The molecule has 0 spiro atoms. The van der Waals surface area contributed by atoms with Crippen LogP contribution in [-0.4, -0.2) is 80.6 Å². The van der Waals surface area contributed by atoms with Crippen molar-refractivity contribution in [2.45, 2.75) is 52.4 Å². The number of aliphatic carboxylic acids is 1. The maximum Gasteiger partial charge on any atom is 0.435 e. The molecule has 0 aliphatic carbocycles. The SMILES string of the molecule is CC1=CC(C(F)(F)F)=NC1.COC(=O)CBr.COC(=O)Cn1nc(C(F)(F)F)cc1C.Cc1cc(C(F)(F)F)nn1CC(=O)O. The standard InChI is InChI=1S/C8H9F3N2O2.C7H7F3N2O2.C6H6F3N.C3H5BrO2/c1-5-3-6(8(9,10)11)12-13(5)4-7(14)15-2;1-4-2-5(7(8,9)10)11-12(4)3-6(13)14;1-4-2-5(10-3-4)6(7,8)9;1-6-3(5)2-4/h3H,4H2,1-2H3;2H,3H2,1H3,(H,13,14);2H,3H2,1H3;2H2,1H3. The number of ether oxygens (including phenoxy) is 2. The van der Waals surface area contributed by atoms with E-state index in [1.165, 1.54) is 21.0 Å². The van der Waals surface area contributed by atoms with Gasteiger partial charge in [-0.05, 0) is 44.6 Å². The Hall–Kier alpha value is -3.91. The van der Waals surface area contributed by atoms with Gasteiger partial charge in [0, 0.05) is 11.4 Å². The van der Waals surface area contributed by atoms with Gasteiger partial charge in [0.2, 0.25) is 0 Å². The number of hydrogen-bond donors (Lipinski definition) is 1. The second-order valence-corrected chi connectivity index (χ2v) is 9.08. The highest BCUT2D eigenvalue weighted by Crippen LogP contribution is 2.29. The second-order valence-electron chi connectivity index (χ2n) is 8.52. The average molecular weight is 732 g/mol. The van der Waals surface area contributed by atoms with Gasteiger partial charge in [-0.1, -0.05) is 15.9 Å². The Labute approximate surface area is 257 Å². The van der Waals surface area contributed by atoms with Crippen LogP contribution in [0.25, 0.3) is 0 Å². The molecular formula is C24H27BrF9N5O6. The van der Waals surface area contributed by atoms with Gasteiger partial charge in [-0.2, -0.15) is 49.7 Å². The summed E-state index contributed by atoms with van der Waals surface area (Å²) in [7, 11) is 2.51. The normalized spacial score (nSPS) is 12.7. The first kappa shape index (κ1) is 41.1. The van der Waals surface area contributed by atoms with Crippen LogP contribution in [0.2, 0.25) is 0 Å².